The van der Waals surface area contributed by atoms with Gasteiger partial charge in [-0.25, -0.2) is 19.0 Å². The molecule has 268 valence electrons. The SMILES string of the molecule is CC[C@@]1(O)C(=O)OCc2c1cc1n(c2=O)Cc2c-1nc1cc(F)c(C)c3c1c2[C@@H](NC(=O)CN[C@H](C(=O)O)C(C)C)CC3.O=C(O)C(F)(F)F. The Balaban J connectivity index is 0.000000630. The molecule has 0 spiro atoms. The van der Waals surface area contributed by atoms with E-state index in [9.17, 15) is 42.6 Å². The van der Waals surface area contributed by atoms with Crippen LogP contribution in [0.3, 0.4) is 0 Å². The highest BCUT2D eigenvalue weighted by Crippen LogP contribution is 2.45. The first-order valence-electron chi connectivity index (χ1n) is 15.7. The number of carbonyl (C=O) groups is 4. The summed E-state index contributed by atoms with van der Waals surface area (Å²) in [6.07, 6.45) is -4.14. The molecule has 0 bridgehead atoms. The summed E-state index contributed by atoms with van der Waals surface area (Å²) in [6, 6.07) is 1.54. The van der Waals surface area contributed by atoms with Gasteiger partial charge in [0.2, 0.25) is 5.91 Å². The fourth-order valence-corrected chi connectivity index (χ4v) is 6.76. The minimum absolute atomic E-state index is 0.000512. The average Bonchev–Trinajstić information content (AvgIpc) is 3.40. The van der Waals surface area contributed by atoms with Crippen molar-refractivity contribution in [2.24, 2.45) is 5.92 Å². The summed E-state index contributed by atoms with van der Waals surface area (Å²) in [4.78, 5) is 64.7. The Morgan fingerprint density at radius 3 is 2.38 bits per heavy atom. The lowest BCUT2D eigenvalue weighted by Gasteiger charge is -2.31. The van der Waals surface area contributed by atoms with Crippen molar-refractivity contribution < 1.29 is 56.8 Å². The summed E-state index contributed by atoms with van der Waals surface area (Å²) in [5, 5.41) is 34.4. The van der Waals surface area contributed by atoms with Crippen molar-refractivity contribution in [3.63, 3.8) is 0 Å². The Bertz CT molecular complexity index is 2010. The van der Waals surface area contributed by atoms with E-state index in [1.54, 1.807) is 33.8 Å². The van der Waals surface area contributed by atoms with Crippen LogP contribution in [0.25, 0.3) is 22.3 Å². The summed E-state index contributed by atoms with van der Waals surface area (Å²) >= 11 is 0. The number of rotatable bonds is 7. The number of amides is 1. The summed E-state index contributed by atoms with van der Waals surface area (Å²) in [5.41, 5.74) is 1.85. The Labute approximate surface area is 281 Å². The van der Waals surface area contributed by atoms with Crippen LogP contribution >= 0.6 is 0 Å². The zero-order valence-electron chi connectivity index (χ0n) is 27.3. The molecule has 2 aliphatic heterocycles. The number of nitrogens with one attached hydrogen (secondary N) is 2. The van der Waals surface area contributed by atoms with Crippen LogP contribution in [0.4, 0.5) is 17.6 Å². The minimum Gasteiger partial charge on any atom is -0.480 e. The molecule has 0 unspecified atom stereocenters. The average molecular weight is 707 g/mol. The molecule has 1 aromatic carbocycles. The number of benzene rings is 1. The van der Waals surface area contributed by atoms with Crippen LogP contribution in [0.2, 0.25) is 0 Å². The molecular weight excluding hydrogens is 672 g/mol. The highest BCUT2D eigenvalue weighted by Gasteiger charge is 2.46. The minimum atomic E-state index is -5.08. The molecule has 4 heterocycles. The molecule has 13 nitrogen and oxygen atoms in total. The number of alkyl halides is 3. The number of aryl methyl sites for hydroxylation is 1. The zero-order valence-corrected chi connectivity index (χ0v) is 27.3. The third-order valence-corrected chi connectivity index (χ3v) is 9.37. The van der Waals surface area contributed by atoms with Gasteiger partial charge in [0.1, 0.15) is 18.5 Å². The van der Waals surface area contributed by atoms with E-state index in [0.717, 1.165) is 16.5 Å². The van der Waals surface area contributed by atoms with Gasteiger partial charge in [-0.1, -0.05) is 20.8 Å². The van der Waals surface area contributed by atoms with Crippen LogP contribution in [-0.2, 0) is 49.1 Å². The molecule has 5 N–H and O–H groups in total. The van der Waals surface area contributed by atoms with Crippen molar-refractivity contribution >= 4 is 34.7 Å². The largest absolute Gasteiger partial charge is 0.490 e. The molecule has 6 rings (SSSR count). The molecule has 0 saturated heterocycles. The van der Waals surface area contributed by atoms with Gasteiger partial charge in [-0.3, -0.25) is 19.7 Å². The van der Waals surface area contributed by atoms with Crippen LogP contribution in [0, 0.1) is 18.7 Å². The number of hydrogen-bond donors (Lipinski definition) is 5. The van der Waals surface area contributed by atoms with Gasteiger partial charge in [0.05, 0.1) is 41.6 Å². The summed E-state index contributed by atoms with van der Waals surface area (Å²) in [5.74, 6) is -5.68. The van der Waals surface area contributed by atoms with Crippen molar-refractivity contribution in [1.82, 2.24) is 20.2 Å². The topological polar surface area (TPSA) is 197 Å². The van der Waals surface area contributed by atoms with Crippen LogP contribution in [0.5, 0.6) is 0 Å². The molecule has 3 atom stereocenters. The predicted molar refractivity (Wildman–Crippen MR) is 166 cm³/mol. The van der Waals surface area contributed by atoms with Gasteiger partial charge in [-0.05, 0) is 54.9 Å². The molecule has 0 fully saturated rings. The number of cyclic esters (lactones) is 1. The lowest BCUT2D eigenvalue weighted by atomic mass is 9.81. The van der Waals surface area contributed by atoms with Crippen molar-refractivity contribution in [3.05, 3.63) is 61.7 Å². The smallest absolute Gasteiger partial charge is 0.480 e. The molecule has 50 heavy (non-hydrogen) atoms. The molecule has 3 aliphatic rings. The second-order valence-corrected chi connectivity index (χ2v) is 12.7. The first-order chi connectivity index (χ1) is 23.3. The van der Waals surface area contributed by atoms with Crippen LogP contribution in [0.15, 0.2) is 16.9 Å². The van der Waals surface area contributed by atoms with Gasteiger partial charge < -0.3 is 29.9 Å². The molecule has 3 aromatic rings. The van der Waals surface area contributed by atoms with Crippen LogP contribution in [-0.4, -0.2) is 67.4 Å². The maximum absolute atomic E-state index is 15.1. The number of nitrogens with zero attached hydrogens (tertiary/aromatic N) is 2. The van der Waals surface area contributed by atoms with Crippen LogP contribution < -0.4 is 16.2 Å². The highest BCUT2D eigenvalue weighted by atomic mass is 19.4. The summed E-state index contributed by atoms with van der Waals surface area (Å²) in [6.45, 7) is 6.48. The van der Waals surface area contributed by atoms with E-state index in [0.29, 0.717) is 40.9 Å². The quantitative estimate of drug-likeness (QED) is 0.140. The highest BCUT2D eigenvalue weighted by molar-refractivity contribution is 5.94. The number of carboxylic acids is 2. The number of pyridine rings is 2. The molecule has 0 saturated carbocycles. The Hall–Kier alpha value is -4.90. The van der Waals surface area contributed by atoms with E-state index >= 15 is 4.39 Å². The number of esters is 1. The monoisotopic (exact) mass is 706 g/mol. The maximum atomic E-state index is 15.1. The number of aliphatic hydroxyl groups is 1. The van der Waals surface area contributed by atoms with Gasteiger partial charge in [-0.15, -0.1) is 0 Å². The first-order valence-corrected chi connectivity index (χ1v) is 15.7. The Morgan fingerprint density at radius 1 is 1.14 bits per heavy atom. The lowest BCUT2D eigenvalue weighted by molar-refractivity contribution is -0.192. The van der Waals surface area contributed by atoms with E-state index < -0.39 is 59.1 Å². The van der Waals surface area contributed by atoms with Crippen LogP contribution in [0.1, 0.15) is 73.0 Å². The fraction of sp³-hybridized carbons (Fsp3) is 0.455. The number of ether oxygens (including phenoxy) is 1. The van der Waals surface area contributed by atoms with E-state index in [4.69, 9.17) is 19.6 Å². The second-order valence-electron chi connectivity index (χ2n) is 12.7. The van der Waals surface area contributed by atoms with Gasteiger partial charge in [0.15, 0.2) is 5.60 Å². The Kier molecular flexibility index (Phi) is 9.53. The number of aromatic nitrogens is 2. The molecule has 1 aliphatic carbocycles. The van der Waals surface area contributed by atoms with Gasteiger partial charge in [0, 0.05) is 22.6 Å². The van der Waals surface area contributed by atoms with Crippen molar-refractivity contribution in [3.8, 4) is 11.4 Å². The van der Waals surface area contributed by atoms with Crippen molar-refractivity contribution in [1.29, 1.82) is 0 Å². The molecule has 2 aromatic heterocycles. The number of carbonyl (C=O) groups excluding carboxylic acids is 2. The third-order valence-electron chi connectivity index (χ3n) is 9.37. The molecule has 1 amide bonds. The molecule has 17 heteroatoms. The number of aliphatic carboxylic acids is 2. The van der Waals surface area contributed by atoms with E-state index in [1.807, 2.05) is 0 Å². The second kappa shape index (κ2) is 13.1. The molecular formula is C33H34F4N4O9. The Morgan fingerprint density at radius 2 is 1.80 bits per heavy atom. The fourth-order valence-electron chi connectivity index (χ4n) is 6.76. The van der Waals surface area contributed by atoms with E-state index in [-0.39, 0.29) is 43.2 Å². The summed E-state index contributed by atoms with van der Waals surface area (Å²) < 4.78 is 53.5. The standard InChI is InChI=1S/C31H33FN4O7.C2HF3O2/c1-5-31(42)18-8-22-27-16(11-36(22)28(38)17(18)12-43-30(31)41)25-20(34-23(37)10-33-26(13(2)3)29(39)40)7-6-15-14(4)19(32)9-21(35-27)24(15)25;3-2(4,5)1(6)7/h8-9,13,20,26,33,42H,5-7,10-12H2,1-4H3,(H,34,37)(H,39,40);(H,6,7)/t20-,26-,31-;/m0./s1. The number of carboxylic acid groups (broad SMARTS) is 2. The third kappa shape index (κ3) is 6.19. The lowest BCUT2D eigenvalue weighted by Crippen LogP contribution is -2.46. The van der Waals surface area contributed by atoms with E-state index in [2.05, 4.69) is 10.6 Å². The van der Waals surface area contributed by atoms with E-state index in [1.165, 1.54) is 10.6 Å². The zero-order chi connectivity index (χ0) is 37.0. The van der Waals surface area contributed by atoms with Gasteiger partial charge in [0.25, 0.3) is 5.56 Å². The van der Waals surface area contributed by atoms with Crippen molar-refractivity contribution in [2.45, 2.75) is 84.0 Å². The normalized spacial score (nSPS) is 19.5. The van der Waals surface area contributed by atoms with Gasteiger partial charge >= 0.3 is 24.1 Å². The molecule has 0 radical (unpaired) electrons. The number of halogens is 4. The van der Waals surface area contributed by atoms with Gasteiger partial charge in [-0.2, -0.15) is 13.2 Å². The first kappa shape index (κ1) is 36.4. The maximum Gasteiger partial charge on any atom is 0.490 e. The van der Waals surface area contributed by atoms with Crippen molar-refractivity contribution in [2.75, 3.05) is 6.54 Å². The predicted octanol–water partition coefficient (Wildman–Crippen LogP) is 2.96. The number of fused-ring (bicyclic) bond motifs is 5. The number of hydrogen-bond acceptors (Lipinski definition) is 9. The summed E-state index contributed by atoms with van der Waals surface area (Å²) in [7, 11) is 0.